The third-order valence-corrected chi connectivity index (χ3v) is 10.4. The number of carbonyl (C=O) groups is 1. The van der Waals surface area contributed by atoms with Crippen LogP contribution in [0, 0.1) is 13.8 Å². The van der Waals surface area contributed by atoms with Crippen molar-refractivity contribution in [2.75, 3.05) is 69.4 Å². The maximum absolute atomic E-state index is 13.6. The molecule has 2 atom stereocenters. The van der Waals surface area contributed by atoms with E-state index in [-0.39, 0.29) is 18.0 Å². The van der Waals surface area contributed by atoms with Gasteiger partial charge >= 0.3 is 0 Å². The van der Waals surface area contributed by atoms with Gasteiger partial charge in [-0.05, 0) is 64.5 Å². The van der Waals surface area contributed by atoms with Crippen LogP contribution >= 0.6 is 0 Å². The minimum Gasteiger partial charge on any atom is -0.479 e. The molecule has 0 unspecified atom stereocenters. The zero-order valence-electron chi connectivity index (χ0n) is 30.2. The van der Waals surface area contributed by atoms with Gasteiger partial charge in [-0.25, -0.2) is 9.67 Å². The van der Waals surface area contributed by atoms with Crippen molar-refractivity contribution >= 4 is 28.8 Å². The number of hydrogen-bond donors (Lipinski definition) is 0. The molecule has 3 aliphatic heterocycles. The molecule has 0 spiro atoms. The van der Waals surface area contributed by atoms with Gasteiger partial charge in [-0.2, -0.15) is 19.6 Å². The molecular formula is C34H49N13O3. The van der Waals surface area contributed by atoms with Crippen molar-refractivity contribution in [2.45, 2.75) is 78.4 Å². The summed E-state index contributed by atoms with van der Waals surface area (Å²) in [4.78, 5) is 41.7. The van der Waals surface area contributed by atoms with Crippen molar-refractivity contribution in [1.29, 1.82) is 0 Å². The molecule has 16 nitrogen and oxygen atoms in total. The first-order valence-electron chi connectivity index (χ1n) is 17.9. The van der Waals surface area contributed by atoms with Crippen LogP contribution in [0.2, 0.25) is 0 Å². The third kappa shape index (κ3) is 6.82. The normalized spacial score (nSPS) is 20.6. The van der Waals surface area contributed by atoms with Crippen molar-refractivity contribution < 1.29 is 14.3 Å². The van der Waals surface area contributed by atoms with Gasteiger partial charge in [0.15, 0.2) is 5.65 Å². The highest BCUT2D eigenvalue weighted by Crippen LogP contribution is 2.31. The predicted molar refractivity (Wildman–Crippen MR) is 188 cm³/mol. The Hall–Kier alpha value is -4.44. The number of ether oxygens (including phenoxy) is 2. The van der Waals surface area contributed by atoms with Crippen LogP contribution in [-0.4, -0.2) is 132 Å². The SMILES string of the molecule is COc1nn(C)c2nc(C)c(CCC(=O)N3C[C@@H](C)N(Cc4cn(-c5nc(N6CCCCC6)nc(N6CCOCC6)n5)nn4)[C@@H](C)C3)c(C)c12. The van der Waals surface area contributed by atoms with E-state index in [1.54, 1.807) is 16.5 Å². The topological polar surface area (TPSA) is 149 Å². The first-order valence-corrected chi connectivity index (χ1v) is 17.9. The van der Waals surface area contributed by atoms with E-state index in [2.05, 4.69) is 50.9 Å². The first kappa shape index (κ1) is 34.0. The second-order valence-corrected chi connectivity index (χ2v) is 13.8. The van der Waals surface area contributed by atoms with Crippen LogP contribution in [0.3, 0.4) is 0 Å². The number of nitrogens with zero attached hydrogens (tertiary/aromatic N) is 13. The lowest BCUT2D eigenvalue weighted by atomic mass is 9.99. The van der Waals surface area contributed by atoms with Crippen molar-refractivity contribution in [3.8, 4) is 11.8 Å². The lowest BCUT2D eigenvalue weighted by Gasteiger charge is -2.44. The van der Waals surface area contributed by atoms with Gasteiger partial charge in [0.2, 0.25) is 23.7 Å². The van der Waals surface area contributed by atoms with Crippen molar-refractivity contribution in [3.05, 3.63) is 28.7 Å². The zero-order valence-corrected chi connectivity index (χ0v) is 30.2. The molecule has 4 aromatic heterocycles. The van der Waals surface area contributed by atoms with Gasteiger partial charge in [0, 0.05) is 77.1 Å². The fourth-order valence-electron chi connectivity index (χ4n) is 7.61. The molecule has 0 N–H and O–H groups in total. The summed E-state index contributed by atoms with van der Waals surface area (Å²) in [7, 11) is 3.49. The number of methoxy groups -OCH3 is 1. The van der Waals surface area contributed by atoms with Crippen molar-refractivity contribution in [3.63, 3.8) is 0 Å². The molecule has 0 aromatic carbocycles. The van der Waals surface area contributed by atoms with Crippen molar-refractivity contribution in [2.24, 2.45) is 7.05 Å². The quantitative estimate of drug-likeness (QED) is 0.254. The molecule has 0 saturated carbocycles. The fourth-order valence-corrected chi connectivity index (χ4v) is 7.61. The summed E-state index contributed by atoms with van der Waals surface area (Å²) >= 11 is 0. The van der Waals surface area contributed by atoms with Crippen LogP contribution in [0.25, 0.3) is 17.0 Å². The Bertz CT molecular complexity index is 1780. The molecule has 50 heavy (non-hydrogen) atoms. The molecule has 16 heteroatoms. The monoisotopic (exact) mass is 687 g/mol. The largest absolute Gasteiger partial charge is 0.479 e. The summed E-state index contributed by atoms with van der Waals surface area (Å²) in [6, 6.07) is 0.287. The Morgan fingerprint density at radius 2 is 1.58 bits per heavy atom. The number of fused-ring (bicyclic) bond motifs is 1. The summed E-state index contributed by atoms with van der Waals surface area (Å²) < 4.78 is 14.5. The first-order chi connectivity index (χ1) is 24.2. The van der Waals surface area contributed by atoms with E-state index in [4.69, 9.17) is 29.4 Å². The number of piperidine rings is 1. The number of pyridine rings is 1. The lowest BCUT2D eigenvalue weighted by Crippen LogP contribution is -2.57. The average molecular weight is 688 g/mol. The van der Waals surface area contributed by atoms with Gasteiger partial charge < -0.3 is 24.2 Å². The number of morpholine rings is 1. The smallest absolute Gasteiger partial charge is 0.258 e. The van der Waals surface area contributed by atoms with E-state index >= 15 is 0 Å². The molecule has 1 amide bonds. The molecule has 0 aliphatic carbocycles. The van der Waals surface area contributed by atoms with E-state index in [1.807, 2.05) is 25.1 Å². The van der Waals surface area contributed by atoms with Crippen LogP contribution in [-0.2, 0) is 29.5 Å². The maximum atomic E-state index is 13.6. The van der Waals surface area contributed by atoms with E-state index in [0.29, 0.717) is 69.4 Å². The number of hydrogen-bond acceptors (Lipinski definition) is 13. The standard InChI is InChI=1S/C34H49N13O3/c1-22-18-45(28(48)11-10-27-24(3)29-30(35-25(27)4)42(5)40-31(29)49-6)19-23(2)46(22)20-26-21-47(41-39-26)34-37-32(43-12-8-7-9-13-43)36-33(38-34)44-14-16-50-17-15-44/h21-23H,7-20H2,1-6H3/t22-,23+. The summed E-state index contributed by atoms with van der Waals surface area (Å²) in [5.74, 6) is 2.53. The third-order valence-electron chi connectivity index (χ3n) is 10.4. The number of aromatic nitrogens is 9. The summed E-state index contributed by atoms with van der Waals surface area (Å²) in [5.41, 5.74) is 4.69. The molecule has 7 rings (SSSR count). The van der Waals surface area contributed by atoms with Crippen LogP contribution in [0.1, 0.15) is 62.0 Å². The molecule has 3 aliphatic rings. The Kier molecular flexibility index (Phi) is 9.82. The van der Waals surface area contributed by atoms with Gasteiger partial charge in [-0.3, -0.25) is 9.69 Å². The van der Waals surface area contributed by atoms with Crippen LogP contribution in [0.15, 0.2) is 6.20 Å². The molecular weight excluding hydrogens is 638 g/mol. The highest BCUT2D eigenvalue weighted by atomic mass is 16.5. The molecule has 3 saturated heterocycles. The Labute approximate surface area is 292 Å². The molecule has 3 fully saturated rings. The predicted octanol–water partition coefficient (Wildman–Crippen LogP) is 2.24. The highest BCUT2D eigenvalue weighted by molar-refractivity contribution is 5.86. The molecule has 7 heterocycles. The average Bonchev–Trinajstić information content (AvgIpc) is 3.74. The van der Waals surface area contributed by atoms with Gasteiger partial charge in [-0.1, -0.05) is 5.21 Å². The van der Waals surface area contributed by atoms with E-state index < -0.39 is 0 Å². The Morgan fingerprint density at radius 1 is 0.920 bits per heavy atom. The van der Waals surface area contributed by atoms with E-state index in [0.717, 1.165) is 72.6 Å². The van der Waals surface area contributed by atoms with Gasteiger partial charge in [-0.15, -0.1) is 10.2 Å². The summed E-state index contributed by atoms with van der Waals surface area (Å²) in [5, 5.41) is 14.4. The minimum absolute atomic E-state index is 0.143. The zero-order chi connectivity index (χ0) is 34.9. The van der Waals surface area contributed by atoms with Crippen LogP contribution < -0.4 is 14.5 Å². The van der Waals surface area contributed by atoms with E-state index in [1.165, 1.54) is 6.42 Å². The van der Waals surface area contributed by atoms with Gasteiger partial charge in [0.25, 0.3) is 5.95 Å². The summed E-state index contributed by atoms with van der Waals surface area (Å²) in [6.45, 7) is 15.0. The minimum atomic E-state index is 0.143. The number of anilines is 2. The van der Waals surface area contributed by atoms with Crippen molar-refractivity contribution in [1.82, 2.24) is 54.5 Å². The summed E-state index contributed by atoms with van der Waals surface area (Å²) in [6.07, 6.45) is 6.45. The number of piperazine rings is 1. The number of carbonyl (C=O) groups excluding carboxylic acids is 1. The molecule has 0 radical (unpaired) electrons. The van der Waals surface area contributed by atoms with Crippen LogP contribution in [0.5, 0.6) is 5.88 Å². The second-order valence-electron chi connectivity index (χ2n) is 13.8. The Morgan fingerprint density at radius 3 is 2.26 bits per heavy atom. The molecule has 0 bridgehead atoms. The number of rotatable bonds is 9. The van der Waals surface area contributed by atoms with E-state index in [9.17, 15) is 4.79 Å². The highest BCUT2D eigenvalue weighted by Gasteiger charge is 2.33. The Balaban J connectivity index is 1.01. The van der Waals surface area contributed by atoms with Crippen LogP contribution in [0.4, 0.5) is 11.9 Å². The molecule has 4 aromatic rings. The lowest BCUT2D eigenvalue weighted by molar-refractivity contribution is -0.135. The molecule has 268 valence electrons. The second kappa shape index (κ2) is 14.4. The number of aryl methyl sites for hydroxylation is 3. The maximum Gasteiger partial charge on any atom is 0.258 e. The fraction of sp³-hybridized carbons (Fsp3) is 0.647. The van der Waals surface area contributed by atoms with Gasteiger partial charge in [0.1, 0.15) is 0 Å². The van der Waals surface area contributed by atoms with Gasteiger partial charge in [0.05, 0.1) is 37.6 Å². The number of amides is 1.